The summed E-state index contributed by atoms with van der Waals surface area (Å²) in [6.07, 6.45) is -1.35. The number of ether oxygens (including phenoxy) is 1. The molecule has 7 heteroatoms. The van der Waals surface area contributed by atoms with Gasteiger partial charge in [0.25, 0.3) is 0 Å². The monoisotopic (exact) mass is 312 g/mol. The lowest BCUT2D eigenvalue weighted by molar-refractivity contribution is -0.173. The Hall–Kier alpha value is -1.39. The Kier molecular flexibility index (Phi) is 5.18. The highest BCUT2D eigenvalue weighted by Gasteiger charge is 2.49. The van der Waals surface area contributed by atoms with E-state index in [1.807, 2.05) is 6.92 Å². The summed E-state index contributed by atoms with van der Waals surface area (Å²) in [5.41, 5.74) is 0. The molecule has 0 aromatic rings. The molecule has 1 saturated heterocycles. The van der Waals surface area contributed by atoms with E-state index in [9.17, 15) is 9.59 Å². The summed E-state index contributed by atoms with van der Waals surface area (Å²) >= 11 is 0. The lowest BCUT2D eigenvalue weighted by Crippen LogP contribution is -2.65. The Morgan fingerprint density at radius 1 is 1.48 bits per heavy atom. The zero-order valence-corrected chi connectivity index (χ0v) is 14.5. The first-order valence-corrected chi connectivity index (χ1v) is 9.95. The standard InChI is InChI=1S/C14H24N2O4Si/c1-9(20-21(5,6)14(2,3)4)11-12(18)16-13(11)19-10(17)7-8-15/h9,11,13H,7H2,1-6H3,(H,16,18)/t9-,11+,13-/m1/s1. The number of nitrogens with one attached hydrogen (secondary N) is 1. The number of carbonyl (C=O) groups is 2. The van der Waals surface area contributed by atoms with Gasteiger partial charge in [0, 0.05) is 0 Å². The van der Waals surface area contributed by atoms with Gasteiger partial charge < -0.3 is 14.5 Å². The maximum Gasteiger partial charge on any atom is 0.322 e. The Morgan fingerprint density at radius 3 is 2.48 bits per heavy atom. The van der Waals surface area contributed by atoms with E-state index in [0.29, 0.717) is 0 Å². The van der Waals surface area contributed by atoms with E-state index in [1.54, 1.807) is 6.07 Å². The van der Waals surface area contributed by atoms with E-state index in [4.69, 9.17) is 14.4 Å². The summed E-state index contributed by atoms with van der Waals surface area (Å²) in [7, 11) is -2.00. The van der Waals surface area contributed by atoms with Crippen molar-refractivity contribution in [3.63, 3.8) is 0 Å². The molecule has 21 heavy (non-hydrogen) atoms. The lowest BCUT2D eigenvalue weighted by atomic mass is 9.93. The Labute approximate surface area is 126 Å². The van der Waals surface area contributed by atoms with Gasteiger partial charge in [0.05, 0.1) is 12.2 Å². The zero-order valence-electron chi connectivity index (χ0n) is 13.5. The topological polar surface area (TPSA) is 88.4 Å². The molecule has 1 fully saturated rings. The molecule has 1 N–H and O–H groups in total. The molecule has 0 aliphatic carbocycles. The molecule has 0 saturated carbocycles. The van der Waals surface area contributed by atoms with Crippen LogP contribution < -0.4 is 5.32 Å². The number of hydrogen-bond donors (Lipinski definition) is 1. The van der Waals surface area contributed by atoms with Crippen molar-refractivity contribution in [2.24, 2.45) is 5.92 Å². The van der Waals surface area contributed by atoms with Crippen LogP contribution in [0.25, 0.3) is 0 Å². The minimum Gasteiger partial charge on any atom is -0.440 e. The summed E-state index contributed by atoms with van der Waals surface area (Å²) in [6, 6.07) is 1.72. The van der Waals surface area contributed by atoms with Gasteiger partial charge in [0.15, 0.2) is 14.5 Å². The fourth-order valence-electron chi connectivity index (χ4n) is 1.89. The molecule has 0 aromatic carbocycles. The Bertz CT molecular complexity index is 465. The number of hydrogen-bond acceptors (Lipinski definition) is 5. The molecular weight excluding hydrogens is 288 g/mol. The summed E-state index contributed by atoms with van der Waals surface area (Å²) in [5, 5.41) is 11.0. The van der Waals surface area contributed by atoms with Gasteiger partial charge in [-0.1, -0.05) is 20.8 Å². The van der Waals surface area contributed by atoms with Gasteiger partial charge in [-0.05, 0) is 25.1 Å². The fraction of sp³-hybridized carbons (Fsp3) is 0.786. The average molecular weight is 312 g/mol. The van der Waals surface area contributed by atoms with Crippen LogP contribution >= 0.6 is 0 Å². The predicted molar refractivity (Wildman–Crippen MR) is 79.5 cm³/mol. The molecule has 0 radical (unpaired) electrons. The van der Waals surface area contributed by atoms with Crippen LogP contribution in [0.2, 0.25) is 18.1 Å². The zero-order chi connectivity index (χ0) is 16.4. The van der Waals surface area contributed by atoms with Gasteiger partial charge in [-0.3, -0.25) is 9.59 Å². The van der Waals surface area contributed by atoms with Crippen LogP contribution in [0.3, 0.4) is 0 Å². The van der Waals surface area contributed by atoms with Crippen LogP contribution in [-0.4, -0.2) is 32.5 Å². The van der Waals surface area contributed by atoms with Gasteiger partial charge in [0.2, 0.25) is 5.91 Å². The maximum absolute atomic E-state index is 11.7. The number of nitriles is 1. The number of rotatable bonds is 5. The molecule has 6 nitrogen and oxygen atoms in total. The fourth-order valence-corrected chi connectivity index (χ4v) is 3.32. The minimum atomic E-state index is -2.00. The smallest absolute Gasteiger partial charge is 0.322 e. The molecular formula is C14H24N2O4Si. The highest BCUT2D eigenvalue weighted by molar-refractivity contribution is 6.74. The number of β-lactam (4-membered cyclic amide) rings is 1. The molecule has 1 amide bonds. The van der Waals surface area contributed by atoms with E-state index >= 15 is 0 Å². The normalized spacial score (nSPS) is 23.6. The molecule has 118 valence electrons. The van der Waals surface area contributed by atoms with Crippen LogP contribution in [0.1, 0.15) is 34.1 Å². The highest BCUT2D eigenvalue weighted by Crippen LogP contribution is 2.39. The third-order valence-corrected chi connectivity index (χ3v) is 8.76. The second kappa shape index (κ2) is 6.16. The summed E-state index contributed by atoms with van der Waals surface area (Å²) in [4.78, 5) is 23.1. The van der Waals surface area contributed by atoms with Crippen molar-refractivity contribution in [3.05, 3.63) is 0 Å². The first-order valence-electron chi connectivity index (χ1n) is 7.04. The van der Waals surface area contributed by atoms with E-state index in [1.165, 1.54) is 0 Å². The summed E-state index contributed by atoms with van der Waals surface area (Å²) in [5.74, 6) is -1.33. The number of amides is 1. The van der Waals surface area contributed by atoms with Crippen molar-refractivity contribution in [2.75, 3.05) is 0 Å². The minimum absolute atomic E-state index is 0.0362. The second-order valence-electron chi connectivity index (χ2n) is 6.86. The molecule has 1 aliphatic heterocycles. The van der Waals surface area contributed by atoms with Gasteiger partial charge in [-0.15, -0.1) is 0 Å². The van der Waals surface area contributed by atoms with Gasteiger partial charge >= 0.3 is 5.97 Å². The van der Waals surface area contributed by atoms with Crippen LogP contribution in [-0.2, 0) is 18.8 Å². The van der Waals surface area contributed by atoms with Crippen LogP contribution in [0.4, 0.5) is 0 Å². The Balaban J connectivity index is 2.68. The highest BCUT2D eigenvalue weighted by atomic mass is 28.4. The summed E-state index contributed by atoms with van der Waals surface area (Å²) < 4.78 is 11.2. The molecule has 1 heterocycles. The average Bonchev–Trinajstić information content (AvgIpc) is 2.25. The van der Waals surface area contributed by atoms with E-state index in [2.05, 4.69) is 39.2 Å². The molecule has 0 aromatic heterocycles. The molecule has 0 unspecified atom stereocenters. The number of nitrogens with zero attached hydrogens (tertiary/aromatic N) is 1. The largest absolute Gasteiger partial charge is 0.440 e. The van der Waals surface area contributed by atoms with Crippen LogP contribution in [0.5, 0.6) is 0 Å². The van der Waals surface area contributed by atoms with E-state index in [0.717, 1.165) is 0 Å². The predicted octanol–water partition coefficient (Wildman–Crippen LogP) is 1.93. The second-order valence-corrected chi connectivity index (χ2v) is 11.6. The van der Waals surface area contributed by atoms with Crippen molar-refractivity contribution in [1.29, 1.82) is 5.26 Å². The van der Waals surface area contributed by atoms with Gasteiger partial charge in [-0.2, -0.15) is 5.26 Å². The van der Waals surface area contributed by atoms with Crippen LogP contribution in [0, 0.1) is 17.2 Å². The molecule has 0 spiro atoms. The van der Waals surface area contributed by atoms with Crippen molar-refractivity contribution < 1.29 is 18.8 Å². The van der Waals surface area contributed by atoms with E-state index < -0.39 is 26.4 Å². The molecule has 1 rings (SSSR count). The van der Waals surface area contributed by atoms with Crippen molar-refractivity contribution in [2.45, 2.75) is 64.6 Å². The van der Waals surface area contributed by atoms with Crippen molar-refractivity contribution >= 4 is 20.2 Å². The SMILES string of the molecule is C[C@@H](O[Si](C)(C)C(C)(C)C)[C@H]1C(=O)N[C@@H]1OC(=O)CC#N. The van der Waals surface area contributed by atoms with Crippen LogP contribution in [0.15, 0.2) is 0 Å². The molecule has 0 bridgehead atoms. The third kappa shape index (κ3) is 4.05. The first kappa shape index (κ1) is 17.7. The Morgan fingerprint density at radius 2 is 2.05 bits per heavy atom. The maximum atomic E-state index is 11.7. The quantitative estimate of drug-likeness (QED) is 0.476. The number of carbonyl (C=O) groups excluding carboxylic acids is 2. The molecule has 1 aliphatic rings. The van der Waals surface area contributed by atoms with E-state index in [-0.39, 0.29) is 23.5 Å². The summed E-state index contributed by atoms with van der Waals surface area (Å²) in [6.45, 7) is 12.4. The van der Waals surface area contributed by atoms with Gasteiger partial charge in [0.1, 0.15) is 12.3 Å². The van der Waals surface area contributed by atoms with Crippen molar-refractivity contribution in [3.8, 4) is 6.07 Å². The number of esters is 1. The van der Waals surface area contributed by atoms with Crippen molar-refractivity contribution in [1.82, 2.24) is 5.32 Å². The lowest BCUT2D eigenvalue weighted by Gasteiger charge is -2.44. The third-order valence-electron chi connectivity index (χ3n) is 4.19. The first-order chi connectivity index (χ1) is 9.49. The molecule has 3 atom stereocenters. The van der Waals surface area contributed by atoms with Gasteiger partial charge in [-0.25, -0.2) is 0 Å².